The summed E-state index contributed by atoms with van der Waals surface area (Å²) in [6.07, 6.45) is 6.87. The van der Waals surface area contributed by atoms with Crippen LogP contribution < -0.4 is 5.56 Å². The minimum atomic E-state index is -0.187. The molecule has 164 valence electrons. The number of fused-ring (bicyclic) bond motifs is 1. The monoisotopic (exact) mass is 464 g/mol. The molecule has 0 saturated carbocycles. The first-order valence-electron chi connectivity index (χ1n) is 10.6. The van der Waals surface area contributed by atoms with Crippen molar-refractivity contribution in [3.8, 4) is 34.2 Å². The standard InChI is InChI=1S/C27H17ClN4O2/c28-20-11-12-25(29-16-20)32-26(30-23-5-2-1-4-22(23)27(32)33)19-9-7-18(8-10-19)24-6-3-14-31(24)21-13-15-34-17-21/h1-17H. The summed E-state index contributed by atoms with van der Waals surface area (Å²) in [6.45, 7) is 0. The summed E-state index contributed by atoms with van der Waals surface area (Å²) in [4.78, 5) is 22.7. The Labute approximate surface area is 199 Å². The minimum absolute atomic E-state index is 0.187. The van der Waals surface area contributed by atoms with E-state index in [1.54, 1.807) is 30.7 Å². The maximum absolute atomic E-state index is 13.5. The lowest BCUT2D eigenvalue weighted by Gasteiger charge is -2.14. The molecule has 0 aliphatic carbocycles. The highest BCUT2D eigenvalue weighted by atomic mass is 35.5. The van der Waals surface area contributed by atoms with Crippen LogP contribution in [0.25, 0.3) is 45.1 Å². The first-order valence-corrected chi connectivity index (χ1v) is 11.0. The van der Waals surface area contributed by atoms with Crippen LogP contribution in [0.4, 0.5) is 0 Å². The highest BCUT2D eigenvalue weighted by molar-refractivity contribution is 6.30. The second-order valence-corrected chi connectivity index (χ2v) is 8.19. The molecule has 0 atom stereocenters. The van der Waals surface area contributed by atoms with Crippen molar-refractivity contribution in [2.75, 3.05) is 0 Å². The van der Waals surface area contributed by atoms with Crippen molar-refractivity contribution in [1.29, 1.82) is 0 Å². The summed E-state index contributed by atoms with van der Waals surface area (Å²) >= 11 is 6.03. The van der Waals surface area contributed by atoms with Crippen LogP contribution in [-0.4, -0.2) is 19.1 Å². The fourth-order valence-electron chi connectivity index (χ4n) is 4.06. The fourth-order valence-corrected chi connectivity index (χ4v) is 4.18. The van der Waals surface area contributed by atoms with Crippen molar-refractivity contribution >= 4 is 22.5 Å². The molecule has 34 heavy (non-hydrogen) atoms. The van der Waals surface area contributed by atoms with Crippen molar-refractivity contribution in [3.63, 3.8) is 0 Å². The van der Waals surface area contributed by atoms with Crippen LogP contribution in [0.2, 0.25) is 5.02 Å². The van der Waals surface area contributed by atoms with E-state index in [2.05, 4.69) is 9.55 Å². The van der Waals surface area contributed by atoms with Gasteiger partial charge in [-0.2, -0.15) is 0 Å². The van der Waals surface area contributed by atoms with Crippen molar-refractivity contribution in [1.82, 2.24) is 19.1 Å². The van der Waals surface area contributed by atoms with Crippen LogP contribution in [0.1, 0.15) is 0 Å². The lowest BCUT2D eigenvalue weighted by molar-refractivity contribution is 0.566. The van der Waals surface area contributed by atoms with Gasteiger partial charge in [0.2, 0.25) is 0 Å². The number of hydrogen-bond donors (Lipinski definition) is 0. The second-order valence-electron chi connectivity index (χ2n) is 7.75. The highest BCUT2D eigenvalue weighted by Gasteiger charge is 2.16. The van der Waals surface area contributed by atoms with Crippen LogP contribution in [0.5, 0.6) is 0 Å². The predicted octanol–water partition coefficient (Wildman–Crippen LogP) is 6.15. The summed E-state index contributed by atoms with van der Waals surface area (Å²) < 4.78 is 8.82. The van der Waals surface area contributed by atoms with Crippen LogP contribution in [0.3, 0.4) is 0 Å². The van der Waals surface area contributed by atoms with E-state index in [-0.39, 0.29) is 5.56 Å². The van der Waals surface area contributed by atoms with Gasteiger partial charge in [0.15, 0.2) is 0 Å². The Bertz CT molecular complexity index is 1670. The maximum atomic E-state index is 13.5. The van der Waals surface area contributed by atoms with Gasteiger partial charge < -0.3 is 8.98 Å². The summed E-state index contributed by atoms with van der Waals surface area (Å²) in [5.74, 6) is 0.968. The number of rotatable bonds is 4. The van der Waals surface area contributed by atoms with E-state index in [1.807, 2.05) is 66.9 Å². The molecule has 0 aliphatic heterocycles. The lowest BCUT2D eigenvalue weighted by Crippen LogP contribution is -2.22. The quantitative estimate of drug-likeness (QED) is 0.314. The molecular weight excluding hydrogens is 448 g/mol. The van der Waals surface area contributed by atoms with E-state index < -0.39 is 0 Å². The van der Waals surface area contributed by atoms with Gasteiger partial charge in [-0.05, 0) is 42.0 Å². The van der Waals surface area contributed by atoms with Gasteiger partial charge >= 0.3 is 0 Å². The molecule has 0 spiro atoms. The molecule has 0 unspecified atom stereocenters. The number of aromatic nitrogens is 4. The van der Waals surface area contributed by atoms with Gasteiger partial charge in [-0.15, -0.1) is 0 Å². The van der Waals surface area contributed by atoms with Gasteiger partial charge in [0.25, 0.3) is 5.56 Å². The SMILES string of the molecule is O=c1c2ccccc2nc(-c2ccc(-c3cccn3-c3ccoc3)cc2)n1-c1ccc(Cl)cn1. The summed E-state index contributed by atoms with van der Waals surface area (Å²) in [6, 6.07) is 24.6. The maximum Gasteiger partial charge on any atom is 0.267 e. The lowest BCUT2D eigenvalue weighted by atomic mass is 10.1. The van der Waals surface area contributed by atoms with Crippen molar-refractivity contribution in [3.05, 3.63) is 119 Å². The second kappa shape index (κ2) is 8.17. The Balaban J connectivity index is 1.51. The summed E-state index contributed by atoms with van der Waals surface area (Å²) in [5.41, 5.74) is 4.23. The van der Waals surface area contributed by atoms with Gasteiger partial charge in [-0.25, -0.2) is 14.5 Å². The van der Waals surface area contributed by atoms with Crippen molar-refractivity contribution in [2.45, 2.75) is 0 Å². The number of hydrogen-bond acceptors (Lipinski definition) is 4. The third-order valence-electron chi connectivity index (χ3n) is 5.69. The molecule has 4 heterocycles. The number of benzene rings is 2. The third-order valence-corrected chi connectivity index (χ3v) is 5.91. The molecular formula is C27H17ClN4O2. The molecule has 2 aromatic carbocycles. The van der Waals surface area contributed by atoms with Gasteiger partial charge in [0.1, 0.15) is 17.9 Å². The predicted molar refractivity (Wildman–Crippen MR) is 133 cm³/mol. The molecule has 6 aromatic rings. The van der Waals surface area contributed by atoms with Gasteiger partial charge in [-0.1, -0.05) is 48.0 Å². The highest BCUT2D eigenvalue weighted by Crippen LogP contribution is 2.28. The van der Waals surface area contributed by atoms with E-state index in [9.17, 15) is 4.79 Å². The number of halogens is 1. The van der Waals surface area contributed by atoms with Gasteiger partial charge in [0, 0.05) is 24.0 Å². The molecule has 0 bridgehead atoms. The van der Waals surface area contributed by atoms with Gasteiger partial charge in [0.05, 0.1) is 33.6 Å². The zero-order valence-corrected chi connectivity index (χ0v) is 18.6. The zero-order valence-electron chi connectivity index (χ0n) is 17.8. The van der Waals surface area contributed by atoms with Crippen LogP contribution >= 0.6 is 11.6 Å². The number of para-hydroxylation sites is 1. The first kappa shape index (κ1) is 20.2. The average Bonchev–Trinajstić information content (AvgIpc) is 3.57. The first-order chi connectivity index (χ1) is 16.7. The Hall–Kier alpha value is -4.42. The molecule has 6 rings (SSSR count). The molecule has 0 N–H and O–H groups in total. The molecule has 0 amide bonds. The average molecular weight is 465 g/mol. The number of nitrogens with zero attached hydrogens (tertiary/aromatic N) is 4. The number of pyridine rings is 1. The molecule has 0 fully saturated rings. The van der Waals surface area contributed by atoms with Crippen LogP contribution in [0.15, 0.2) is 113 Å². The molecule has 0 saturated heterocycles. The molecule has 4 aromatic heterocycles. The molecule has 0 radical (unpaired) electrons. The van der Waals surface area contributed by atoms with Crippen molar-refractivity contribution in [2.24, 2.45) is 0 Å². The molecule has 6 nitrogen and oxygen atoms in total. The zero-order chi connectivity index (χ0) is 23.1. The largest absolute Gasteiger partial charge is 0.470 e. The Kier molecular flexibility index (Phi) is 4.86. The minimum Gasteiger partial charge on any atom is -0.470 e. The van der Waals surface area contributed by atoms with E-state index >= 15 is 0 Å². The van der Waals surface area contributed by atoms with Gasteiger partial charge in [-0.3, -0.25) is 4.79 Å². The van der Waals surface area contributed by atoms with Crippen molar-refractivity contribution < 1.29 is 4.42 Å². The van der Waals surface area contributed by atoms with E-state index in [0.29, 0.717) is 27.6 Å². The van der Waals surface area contributed by atoms with Crippen LogP contribution in [0, 0.1) is 0 Å². The van der Waals surface area contributed by atoms with E-state index in [0.717, 1.165) is 22.5 Å². The topological polar surface area (TPSA) is 65.8 Å². The fraction of sp³-hybridized carbons (Fsp3) is 0. The molecule has 0 aliphatic rings. The summed E-state index contributed by atoms with van der Waals surface area (Å²) in [5, 5.41) is 1.02. The Morgan fingerprint density at radius 3 is 2.44 bits per heavy atom. The number of furan rings is 1. The molecule has 7 heteroatoms. The van der Waals surface area contributed by atoms with E-state index in [4.69, 9.17) is 21.0 Å². The summed E-state index contributed by atoms with van der Waals surface area (Å²) in [7, 11) is 0. The van der Waals surface area contributed by atoms with E-state index in [1.165, 1.54) is 10.8 Å². The third kappa shape index (κ3) is 3.41. The normalized spacial score (nSPS) is 11.2. The van der Waals surface area contributed by atoms with Crippen LogP contribution in [-0.2, 0) is 0 Å². The Morgan fingerprint density at radius 1 is 0.853 bits per heavy atom. The smallest absolute Gasteiger partial charge is 0.267 e. The Morgan fingerprint density at radius 2 is 1.68 bits per heavy atom.